The molecule has 0 aliphatic rings. The average molecular weight is 200 g/mol. The Morgan fingerprint density at radius 2 is 2.07 bits per heavy atom. The maximum absolute atomic E-state index is 8.62. The third-order valence-electron chi connectivity index (χ3n) is 1.94. The summed E-state index contributed by atoms with van der Waals surface area (Å²) in [5.74, 6) is 0. The van der Waals surface area contributed by atoms with Crippen LogP contribution in [0.5, 0.6) is 0 Å². The summed E-state index contributed by atoms with van der Waals surface area (Å²) in [6.07, 6.45) is 0. The van der Waals surface area contributed by atoms with Gasteiger partial charge in [-0.1, -0.05) is 22.6 Å². The van der Waals surface area contributed by atoms with E-state index in [1.807, 2.05) is 31.2 Å². The fraction of sp³-hybridized carbons (Fsp3) is 0.100. The maximum Gasteiger partial charge on any atom is 0.280 e. The van der Waals surface area contributed by atoms with Gasteiger partial charge in [0.15, 0.2) is 0 Å². The van der Waals surface area contributed by atoms with Gasteiger partial charge in [-0.05, 0) is 19.1 Å². The zero-order valence-corrected chi connectivity index (χ0v) is 8.06. The van der Waals surface area contributed by atoms with Crippen LogP contribution in [0.2, 0.25) is 0 Å². The second-order valence-electron chi connectivity index (χ2n) is 3.09. The number of nitrogens with one attached hydrogen (secondary N) is 1. The van der Waals surface area contributed by atoms with Gasteiger partial charge < -0.3 is 4.52 Å². The average Bonchev–Trinajstić information content (AvgIpc) is 2.61. The van der Waals surface area contributed by atoms with Crippen LogP contribution in [-0.2, 0) is 0 Å². The first-order chi connectivity index (χ1) is 7.20. The molecule has 0 atom stereocenters. The number of nitriles is 1. The van der Waals surface area contributed by atoms with Gasteiger partial charge in [-0.3, -0.25) is 5.41 Å². The third kappa shape index (κ3) is 1.65. The monoisotopic (exact) mass is 200 g/mol. The van der Waals surface area contributed by atoms with E-state index in [2.05, 4.69) is 5.10 Å². The summed E-state index contributed by atoms with van der Waals surface area (Å²) >= 11 is 0. The van der Waals surface area contributed by atoms with Gasteiger partial charge in [-0.25, -0.2) is 0 Å². The van der Waals surface area contributed by atoms with E-state index in [9.17, 15) is 0 Å². The predicted octanol–water partition coefficient (Wildman–Crippen LogP) is 1.12. The Kier molecular flexibility index (Phi) is 2.10. The van der Waals surface area contributed by atoms with E-state index in [-0.39, 0.29) is 11.2 Å². The summed E-state index contributed by atoms with van der Waals surface area (Å²) in [6, 6.07) is 9.22. The molecule has 0 aliphatic carbocycles. The molecule has 5 heteroatoms. The van der Waals surface area contributed by atoms with E-state index in [1.165, 1.54) is 4.85 Å². The molecule has 5 nitrogen and oxygen atoms in total. The minimum atomic E-state index is -0.224. The highest BCUT2D eigenvalue weighted by molar-refractivity contribution is 5.32. The van der Waals surface area contributed by atoms with Gasteiger partial charge >= 0.3 is 0 Å². The molecule has 0 radical (unpaired) electrons. The van der Waals surface area contributed by atoms with E-state index in [0.29, 0.717) is 5.69 Å². The lowest BCUT2D eigenvalue weighted by Crippen LogP contribution is -1.97. The fourth-order valence-corrected chi connectivity index (χ4v) is 1.14. The molecule has 1 heterocycles. The van der Waals surface area contributed by atoms with Crippen molar-refractivity contribution in [3.63, 3.8) is 0 Å². The van der Waals surface area contributed by atoms with Crippen molar-refractivity contribution in [3.05, 3.63) is 41.1 Å². The Hall–Kier alpha value is -2.35. The van der Waals surface area contributed by atoms with Crippen LogP contribution in [0.1, 0.15) is 11.3 Å². The van der Waals surface area contributed by atoms with E-state index in [1.54, 1.807) is 6.07 Å². The molecular formula is C10H8N4O. The normalized spacial score (nSPS) is 9.87. The van der Waals surface area contributed by atoms with Crippen molar-refractivity contribution < 1.29 is 4.52 Å². The lowest BCUT2D eigenvalue weighted by atomic mass is 10.2. The highest BCUT2D eigenvalue weighted by Crippen LogP contribution is 2.06. The molecule has 0 unspecified atom stereocenters. The molecule has 15 heavy (non-hydrogen) atoms. The first kappa shape index (κ1) is 9.21. The highest BCUT2D eigenvalue weighted by Gasteiger charge is 2.05. The molecule has 0 spiro atoms. The Bertz CT molecular complexity index is 571. The van der Waals surface area contributed by atoms with Gasteiger partial charge in [-0.15, -0.1) is 5.10 Å². The summed E-state index contributed by atoms with van der Waals surface area (Å²) < 4.78 is 4.98. The third-order valence-corrected chi connectivity index (χ3v) is 1.94. The number of nitrogens with zero attached hydrogens (tertiary/aromatic N) is 3. The summed E-state index contributed by atoms with van der Waals surface area (Å²) in [5.41, 5.74) is 1.57. The molecule has 1 N–H and O–H groups in total. The van der Waals surface area contributed by atoms with Crippen molar-refractivity contribution in [3.8, 4) is 11.8 Å². The number of hydrogen-bond acceptors (Lipinski definition) is 4. The summed E-state index contributed by atoms with van der Waals surface area (Å²) in [7, 11) is 0. The Morgan fingerprint density at radius 3 is 2.60 bits per heavy atom. The van der Waals surface area contributed by atoms with Crippen molar-refractivity contribution in [2.45, 2.75) is 6.92 Å². The van der Waals surface area contributed by atoms with Crippen LogP contribution >= 0.6 is 0 Å². The molecule has 0 saturated heterocycles. The van der Waals surface area contributed by atoms with Crippen LogP contribution < -0.4 is 5.55 Å². The summed E-state index contributed by atoms with van der Waals surface area (Å²) in [6.45, 7) is 1.97. The molecule has 1 aromatic heterocycles. The smallest absolute Gasteiger partial charge is 0.280 e. The minimum Gasteiger partial charge on any atom is -0.334 e. The quantitative estimate of drug-likeness (QED) is 0.749. The number of rotatable bonds is 1. The Balaban J connectivity index is 2.51. The molecular weight excluding hydrogens is 192 g/mol. The second-order valence-corrected chi connectivity index (χ2v) is 3.09. The van der Waals surface area contributed by atoms with Gasteiger partial charge in [0.2, 0.25) is 5.69 Å². The van der Waals surface area contributed by atoms with Gasteiger partial charge in [0.05, 0.1) is 0 Å². The number of aryl methyl sites for hydroxylation is 1. The predicted molar refractivity (Wildman–Crippen MR) is 51.1 cm³/mol. The lowest BCUT2D eigenvalue weighted by molar-refractivity contribution is 0.283. The minimum absolute atomic E-state index is 0.0180. The molecule has 1 aromatic carbocycles. The van der Waals surface area contributed by atoms with Crippen molar-refractivity contribution >= 4 is 0 Å². The van der Waals surface area contributed by atoms with Crippen molar-refractivity contribution in [2.75, 3.05) is 0 Å². The number of aromatic nitrogens is 2. The number of hydrogen-bond donors (Lipinski definition) is 1. The van der Waals surface area contributed by atoms with Crippen LogP contribution in [0.25, 0.3) is 5.69 Å². The van der Waals surface area contributed by atoms with E-state index in [4.69, 9.17) is 15.2 Å². The second kappa shape index (κ2) is 3.42. The molecule has 0 aliphatic heterocycles. The zero-order chi connectivity index (χ0) is 10.8. The van der Waals surface area contributed by atoms with Crippen LogP contribution in [0.4, 0.5) is 0 Å². The van der Waals surface area contributed by atoms with Crippen LogP contribution in [0, 0.1) is 23.7 Å². The molecule has 2 aromatic rings. The van der Waals surface area contributed by atoms with E-state index in [0.717, 1.165) is 5.56 Å². The largest absolute Gasteiger partial charge is 0.334 e. The van der Waals surface area contributed by atoms with Crippen LogP contribution in [0.15, 0.2) is 28.8 Å². The molecule has 0 fully saturated rings. The van der Waals surface area contributed by atoms with E-state index < -0.39 is 0 Å². The number of benzene rings is 1. The zero-order valence-electron chi connectivity index (χ0n) is 8.06. The first-order valence-corrected chi connectivity index (χ1v) is 4.33. The molecule has 0 saturated carbocycles. The summed E-state index contributed by atoms with van der Waals surface area (Å²) in [4.78, 5) is 1.17. The molecule has 74 valence electrons. The van der Waals surface area contributed by atoms with Gasteiger partial charge in [0, 0.05) is 0 Å². The SMILES string of the molecule is Cc1ccc(-n2nc(C#N)c(=N)o2)cc1. The Labute approximate surface area is 85.7 Å². The van der Waals surface area contributed by atoms with Gasteiger partial charge in [0.1, 0.15) is 11.8 Å². The van der Waals surface area contributed by atoms with Crippen LogP contribution in [0.3, 0.4) is 0 Å². The summed E-state index contributed by atoms with van der Waals surface area (Å²) in [5, 5.41) is 19.8. The topological polar surface area (TPSA) is 78.6 Å². The first-order valence-electron chi connectivity index (χ1n) is 4.33. The van der Waals surface area contributed by atoms with Gasteiger partial charge in [0.25, 0.3) is 5.55 Å². The molecule has 2 rings (SSSR count). The van der Waals surface area contributed by atoms with Crippen molar-refractivity contribution in [1.82, 2.24) is 9.95 Å². The van der Waals surface area contributed by atoms with Crippen LogP contribution in [-0.4, -0.2) is 9.95 Å². The standard InChI is InChI=1S/C10H8N4O/c1-7-2-4-8(5-3-7)14-13-9(6-11)10(12)15-14/h2-5,12H,1H3. The maximum atomic E-state index is 8.62. The van der Waals surface area contributed by atoms with E-state index >= 15 is 0 Å². The fourth-order valence-electron chi connectivity index (χ4n) is 1.14. The molecule has 0 bridgehead atoms. The van der Waals surface area contributed by atoms with Gasteiger partial charge in [-0.2, -0.15) is 5.26 Å². The Morgan fingerprint density at radius 1 is 1.40 bits per heavy atom. The van der Waals surface area contributed by atoms with Crippen molar-refractivity contribution in [1.29, 1.82) is 10.7 Å². The van der Waals surface area contributed by atoms with Crippen molar-refractivity contribution in [2.24, 2.45) is 0 Å². The lowest BCUT2D eigenvalue weighted by Gasteiger charge is -1.97. The molecule has 0 amide bonds. The highest BCUT2D eigenvalue weighted by atomic mass is 16.5.